The summed E-state index contributed by atoms with van der Waals surface area (Å²) >= 11 is 5.84. The Hall–Kier alpha value is -1.62. The van der Waals surface area contributed by atoms with Gasteiger partial charge in [0.15, 0.2) is 0 Å². The number of carbonyl (C=O) groups is 1. The summed E-state index contributed by atoms with van der Waals surface area (Å²) in [7, 11) is -3.93. The van der Waals surface area contributed by atoms with Crippen molar-refractivity contribution in [1.82, 2.24) is 4.72 Å². The average molecular weight is 317 g/mol. The van der Waals surface area contributed by atoms with Crippen LogP contribution in [0.3, 0.4) is 0 Å². The number of rotatable bonds is 6. The first kappa shape index (κ1) is 16.4. The second-order valence-electron chi connectivity index (χ2n) is 4.08. The van der Waals surface area contributed by atoms with Crippen LogP contribution in [0.5, 0.6) is 0 Å². The highest BCUT2D eigenvalue weighted by molar-refractivity contribution is 7.89. The highest BCUT2D eigenvalue weighted by atomic mass is 35.5. The molecule has 0 amide bonds. The third kappa shape index (κ3) is 4.20. The Morgan fingerprint density at radius 3 is 2.65 bits per heavy atom. The molecule has 1 aromatic carbocycles. The minimum atomic E-state index is -3.93. The zero-order valence-corrected chi connectivity index (χ0v) is 12.2. The minimum absolute atomic E-state index is 0.0817. The van der Waals surface area contributed by atoms with Crippen LogP contribution < -0.4 is 4.72 Å². The molecule has 108 valence electrons. The molecule has 1 unspecified atom stereocenters. The number of aliphatic carboxylic acids is 1. The monoisotopic (exact) mass is 316 g/mol. The summed E-state index contributed by atoms with van der Waals surface area (Å²) in [4.78, 5) is 10.5. The van der Waals surface area contributed by atoms with Crippen LogP contribution in [0, 0.1) is 11.3 Å². The quantitative estimate of drug-likeness (QED) is 0.831. The van der Waals surface area contributed by atoms with E-state index in [4.69, 9.17) is 22.0 Å². The number of nitrogens with zero attached hydrogens (tertiary/aromatic N) is 1. The van der Waals surface area contributed by atoms with Gasteiger partial charge in [0.1, 0.15) is 4.90 Å². The molecule has 0 aliphatic heterocycles. The number of nitriles is 1. The molecule has 0 heterocycles. The van der Waals surface area contributed by atoms with Crippen molar-refractivity contribution in [3.05, 3.63) is 28.8 Å². The van der Waals surface area contributed by atoms with Crippen molar-refractivity contribution >= 4 is 27.6 Å². The molecule has 1 aromatic rings. The summed E-state index contributed by atoms with van der Waals surface area (Å²) in [6.07, 6.45) is 0.0169. The summed E-state index contributed by atoms with van der Waals surface area (Å²) in [5.41, 5.74) is 0.242. The minimum Gasteiger partial charge on any atom is -0.481 e. The van der Waals surface area contributed by atoms with Crippen LogP contribution >= 0.6 is 11.6 Å². The van der Waals surface area contributed by atoms with E-state index in [1.807, 2.05) is 6.07 Å². The molecule has 0 radical (unpaired) electrons. The number of hydrogen-bond acceptors (Lipinski definition) is 4. The topological polar surface area (TPSA) is 107 Å². The fourth-order valence-electron chi connectivity index (χ4n) is 1.55. The van der Waals surface area contributed by atoms with Gasteiger partial charge in [-0.3, -0.25) is 4.79 Å². The van der Waals surface area contributed by atoms with Crippen LogP contribution in [-0.2, 0) is 14.8 Å². The maximum Gasteiger partial charge on any atom is 0.304 e. The molecule has 0 aliphatic carbocycles. The van der Waals surface area contributed by atoms with Gasteiger partial charge in [-0.1, -0.05) is 18.5 Å². The SMILES string of the molecule is CCC(CC(=O)O)NS(=O)(=O)c1ccc(C#N)cc1Cl. The van der Waals surface area contributed by atoms with Gasteiger partial charge in [0.25, 0.3) is 0 Å². The summed E-state index contributed by atoms with van der Waals surface area (Å²) in [6.45, 7) is 1.68. The van der Waals surface area contributed by atoms with E-state index in [1.165, 1.54) is 18.2 Å². The third-order valence-electron chi connectivity index (χ3n) is 2.59. The fraction of sp³-hybridized carbons (Fsp3) is 0.333. The molecule has 0 fully saturated rings. The van der Waals surface area contributed by atoms with Crippen LogP contribution in [0.4, 0.5) is 0 Å². The van der Waals surface area contributed by atoms with Crippen LogP contribution in [0.15, 0.2) is 23.1 Å². The van der Waals surface area contributed by atoms with Gasteiger partial charge in [-0.2, -0.15) is 5.26 Å². The molecule has 0 saturated carbocycles. The normalized spacial score (nSPS) is 12.7. The Kier molecular flexibility index (Phi) is 5.51. The maximum atomic E-state index is 12.1. The smallest absolute Gasteiger partial charge is 0.304 e. The lowest BCUT2D eigenvalue weighted by molar-refractivity contribution is -0.137. The Balaban J connectivity index is 3.05. The molecular formula is C12H13ClN2O4S. The van der Waals surface area contributed by atoms with E-state index < -0.39 is 22.0 Å². The lowest BCUT2D eigenvalue weighted by Gasteiger charge is -2.15. The standard InChI is InChI=1S/C12H13ClN2O4S/c1-2-9(6-12(16)17)15-20(18,19)11-4-3-8(7-14)5-10(11)13/h3-5,9,15H,2,6H2,1H3,(H,16,17). The Morgan fingerprint density at radius 2 is 2.20 bits per heavy atom. The zero-order valence-electron chi connectivity index (χ0n) is 10.6. The number of hydrogen-bond donors (Lipinski definition) is 2. The van der Waals surface area contributed by atoms with Crippen molar-refractivity contribution in [3.8, 4) is 6.07 Å². The van der Waals surface area contributed by atoms with Crippen molar-refractivity contribution in [1.29, 1.82) is 5.26 Å². The van der Waals surface area contributed by atoms with Gasteiger partial charge in [-0.25, -0.2) is 13.1 Å². The van der Waals surface area contributed by atoms with E-state index in [0.29, 0.717) is 6.42 Å². The van der Waals surface area contributed by atoms with Gasteiger partial charge in [-0.15, -0.1) is 0 Å². The van der Waals surface area contributed by atoms with E-state index >= 15 is 0 Å². The molecule has 2 N–H and O–H groups in total. The highest BCUT2D eigenvalue weighted by Crippen LogP contribution is 2.23. The Bertz CT molecular complexity index is 652. The first-order valence-electron chi connectivity index (χ1n) is 5.74. The lowest BCUT2D eigenvalue weighted by Crippen LogP contribution is -2.36. The number of carboxylic acid groups (broad SMARTS) is 1. The molecule has 0 bridgehead atoms. The second-order valence-corrected chi connectivity index (χ2v) is 6.17. The number of carboxylic acids is 1. The maximum absolute atomic E-state index is 12.1. The molecule has 0 saturated heterocycles. The average Bonchev–Trinajstić information content (AvgIpc) is 2.36. The van der Waals surface area contributed by atoms with Crippen molar-refractivity contribution in [2.24, 2.45) is 0 Å². The van der Waals surface area contributed by atoms with Crippen LogP contribution in [0.2, 0.25) is 5.02 Å². The Labute approximate surface area is 122 Å². The van der Waals surface area contributed by atoms with E-state index in [1.54, 1.807) is 6.92 Å². The summed E-state index contributed by atoms with van der Waals surface area (Å²) in [5, 5.41) is 17.3. The summed E-state index contributed by atoms with van der Waals surface area (Å²) in [5.74, 6) is -1.09. The second kappa shape index (κ2) is 6.70. The first-order valence-corrected chi connectivity index (χ1v) is 7.60. The predicted molar refractivity (Wildman–Crippen MR) is 72.8 cm³/mol. The van der Waals surface area contributed by atoms with E-state index in [2.05, 4.69) is 4.72 Å². The molecule has 0 aliphatic rings. The van der Waals surface area contributed by atoms with Gasteiger partial charge < -0.3 is 5.11 Å². The first-order chi connectivity index (χ1) is 9.30. The van der Waals surface area contributed by atoms with Gasteiger partial charge in [0.05, 0.1) is 23.1 Å². The number of halogens is 1. The van der Waals surface area contributed by atoms with Gasteiger partial charge in [0, 0.05) is 6.04 Å². The van der Waals surface area contributed by atoms with Crippen LogP contribution in [-0.4, -0.2) is 25.5 Å². The molecule has 8 heteroatoms. The number of nitrogens with one attached hydrogen (secondary N) is 1. The van der Waals surface area contributed by atoms with Crippen molar-refractivity contribution < 1.29 is 18.3 Å². The lowest BCUT2D eigenvalue weighted by atomic mass is 10.2. The van der Waals surface area contributed by atoms with Gasteiger partial charge >= 0.3 is 5.97 Å². The molecule has 0 spiro atoms. The van der Waals surface area contributed by atoms with Crippen LogP contribution in [0.1, 0.15) is 25.3 Å². The number of benzene rings is 1. The largest absolute Gasteiger partial charge is 0.481 e. The number of sulfonamides is 1. The Morgan fingerprint density at radius 1 is 1.55 bits per heavy atom. The molecule has 6 nitrogen and oxygen atoms in total. The van der Waals surface area contributed by atoms with Gasteiger partial charge in [-0.05, 0) is 24.6 Å². The van der Waals surface area contributed by atoms with Crippen molar-refractivity contribution in [3.63, 3.8) is 0 Å². The molecule has 20 heavy (non-hydrogen) atoms. The molecule has 1 atom stereocenters. The van der Waals surface area contributed by atoms with Crippen molar-refractivity contribution in [2.45, 2.75) is 30.7 Å². The van der Waals surface area contributed by atoms with E-state index in [9.17, 15) is 13.2 Å². The third-order valence-corrected chi connectivity index (χ3v) is 4.59. The van der Waals surface area contributed by atoms with E-state index in [-0.39, 0.29) is 21.9 Å². The zero-order chi connectivity index (χ0) is 15.3. The highest BCUT2D eigenvalue weighted by Gasteiger charge is 2.23. The van der Waals surface area contributed by atoms with Gasteiger partial charge in [0.2, 0.25) is 10.0 Å². The molecular weight excluding hydrogens is 304 g/mol. The van der Waals surface area contributed by atoms with Crippen molar-refractivity contribution in [2.75, 3.05) is 0 Å². The van der Waals surface area contributed by atoms with E-state index in [0.717, 1.165) is 0 Å². The summed E-state index contributed by atoms with van der Waals surface area (Å²) < 4.78 is 26.6. The molecule has 1 rings (SSSR count). The summed E-state index contributed by atoms with van der Waals surface area (Å²) in [6, 6.07) is 4.92. The fourth-order valence-corrected chi connectivity index (χ4v) is 3.42. The molecule has 0 aromatic heterocycles. The van der Waals surface area contributed by atoms with Crippen LogP contribution in [0.25, 0.3) is 0 Å². The predicted octanol–water partition coefficient (Wildman–Crippen LogP) is 1.74.